The van der Waals surface area contributed by atoms with Gasteiger partial charge in [0.25, 0.3) is 5.91 Å². The summed E-state index contributed by atoms with van der Waals surface area (Å²) in [6.45, 7) is 6.06. The molecule has 0 unspecified atom stereocenters. The Morgan fingerprint density at radius 1 is 1.30 bits per heavy atom. The number of nitrogens with zero attached hydrogens (tertiary/aromatic N) is 1. The van der Waals surface area contributed by atoms with Crippen LogP contribution in [0, 0.1) is 6.92 Å². The fourth-order valence-electron chi connectivity index (χ4n) is 1.71. The number of ether oxygens (including phenoxy) is 1. The fraction of sp³-hybridized carbons (Fsp3) is 0.438. The molecular formula is C16H22BrN3O3. The monoisotopic (exact) mass is 383 g/mol. The highest BCUT2D eigenvalue weighted by molar-refractivity contribution is 9.10. The van der Waals surface area contributed by atoms with Gasteiger partial charge in [0.05, 0.1) is 6.42 Å². The van der Waals surface area contributed by atoms with Crippen LogP contribution in [0.15, 0.2) is 27.8 Å². The molecule has 0 spiro atoms. The minimum atomic E-state index is -0.374. The van der Waals surface area contributed by atoms with Gasteiger partial charge in [0.2, 0.25) is 5.91 Å². The number of aryl methyl sites for hydroxylation is 1. The Bertz CT molecular complexity index is 588. The van der Waals surface area contributed by atoms with Gasteiger partial charge >= 0.3 is 0 Å². The van der Waals surface area contributed by atoms with Crippen molar-refractivity contribution in [2.24, 2.45) is 5.10 Å². The van der Waals surface area contributed by atoms with Gasteiger partial charge in [-0.25, -0.2) is 5.43 Å². The molecule has 1 aromatic rings. The summed E-state index contributed by atoms with van der Waals surface area (Å²) in [5, 5.41) is 6.64. The van der Waals surface area contributed by atoms with Gasteiger partial charge in [0.15, 0.2) is 6.61 Å². The van der Waals surface area contributed by atoms with E-state index in [2.05, 4.69) is 31.8 Å². The highest BCUT2D eigenvalue weighted by atomic mass is 79.9. The molecule has 6 nitrogen and oxygen atoms in total. The number of amides is 2. The van der Waals surface area contributed by atoms with E-state index in [4.69, 9.17) is 4.74 Å². The van der Waals surface area contributed by atoms with E-state index in [1.807, 2.05) is 26.0 Å². The van der Waals surface area contributed by atoms with E-state index < -0.39 is 0 Å². The van der Waals surface area contributed by atoms with Crippen molar-refractivity contribution in [3.63, 3.8) is 0 Å². The minimum Gasteiger partial charge on any atom is -0.483 e. The first-order valence-corrected chi connectivity index (χ1v) is 8.19. The molecule has 2 N–H and O–H groups in total. The lowest BCUT2D eigenvalue weighted by molar-refractivity contribution is -0.123. The van der Waals surface area contributed by atoms with E-state index in [1.54, 1.807) is 13.0 Å². The van der Waals surface area contributed by atoms with Crippen molar-refractivity contribution >= 4 is 33.5 Å². The van der Waals surface area contributed by atoms with Crippen LogP contribution >= 0.6 is 15.9 Å². The number of carbonyl (C=O) groups excluding carboxylic acids is 2. The second kappa shape index (κ2) is 9.99. The van der Waals surface area contributed by atoms with Gasteiger partial charge in [-0.15, -0.1) is 0 Å². The van der Waals surface area contributed by atoms with Crippen molar-refractivity contribution in [2.45, 2.75) is 33.6 Å². The van der Waals surface area contributed by atoms with Crippen LogP contribution in [-0.4, -0.2) is 30.7 Å². The smallest absolute Gasteiger partial charge is 0.277 e. The van der Waals surface area contributed by atoms with Crippen LogP contribution in [0.5, 0.6) is 5.75 Å². The molecule has 0 saturated heterocycles. The average Bonchev–Trinajstić information content (AvgIpc) is 2.50. The van der Waals surface area contributed by atoms with E-state index in [0.717, 1.165) is 16.5 Å². The lowest BCUT2D eigenvalue weighted by atomic mass is 10.2. The maximum Gasteiger partial charge on any atom is 0.277 e. The molecule has 0 aliphatic heterocycles. The average molecular weight is 384 g/mol. The van der Waals surface area contributed by atoms with Gasteiger partial charge in [0, 0.05) is 16.7 Å². The summed E-state index contributed by atoms with van der Waals surface area (Å²) in [6.07, 6.45) is 1.04. The maximum atomic E-state index is 11.7. The molecule has 2 amide bonds. The molecular weight excluding hydrogens is 362 g/mol. The van der Waals surface area contributed by atoms with Crippen LogP contribution in [-0.2, 0) is 9.59 Å². The van der Waals surface area contributed by atoms with Crippen LogP contribution in [0.2, 0.25) is 0 Å². The number of hydrogen-bond donors (Lipinski definition) is 2. The third-order valence-corrected chi connectivity index (χ3v) is 3.35. The number of rotatable bonds is 8. The fourth-order valence-corrected chi connectivity index (χ4v) is 2.18. The molecule has 0 aromatic heterocycles. The molecule has 0 radical (unpaired) electrons. The molecule has 0 aliphatic rings. The van der Waals surface area contributed by atoms with Gasteiger partial charge in [-0.05, 0) is 44.0 Å². The van der Waals surface area contributed by atoms with Gasteiger partial charge in [-0.2, -0.15) is 5.10 Å². The second-order valence-electron chi connectivity index (χ2n) is 5.11. The molecule has 0 aliphatic carbocycles. The summed E-state index contributed by atoms with van der Waals surface area (Å²) >= 11 is 3.37. The zero-order valence-electron chi connectivity index (χ0n) is 13.6. The molecule has 0 heterocycles. The molecule has 0 bridgehead atoms. The van der Waals surface area contributed by atoms with Crippen molar-refractivity contribution in [3.05, 3.63) is 28.2 Å². The Morgan fingerprint density at radius 2 is 2.04 bits per heavy atom. The highest BCUT2D eigenvalue weighted by Crippen LogP contribution is 2.21. The third-order valence-electron chi connectivity index (χ3n) is 2.86. The number of benzene rings is 1. The Balaban J connectivity index is 2.38. The second-order valence-corrected chi connectivity index (χ2v) is 6.02. The van der Waals surface area contributed by atoms with Crippen LogP contribution in [0.3, 0.4) is 0 Å². The van der Waals surface area contributed by atoms with E-state index in [1.165, 1.54) is 0 Å². The first-order chi connectivity index (χ1) is 10.9. The predicted octanol–water partition coefficient (Wildman–Crippen LogP) is 2.54. The van der Waals surface area contributed by atoms with Crippen molar-refractivity contribution in [2.75, 3.05) is 13.2 Å². The van der Waals surface area contributed by atoms with Crippen molar-refractivity contribution < 1.29 is 14.3 Å². The molecule has 1 aromatic carbocycles. The normalized spacial score (nSPS) is 11.0. The molecule has 23 heavy (non-hydrogen) atoms. The molecule has 0 saturated carbocycles. The van der Waals surface area contributed by atoms with Crippen molar-refractivity contribution in [3.8, 4) is 5.75 Å². The third kappa shape index (κ3) is 7.78. The molecule has 0 atom stereocenters. The zero-order valence-corrected chi connectivity index (χ0v) is 15.2. The first-order valence-electron chi connectivity index (χ1n) is 7.40. The highest BCUT2D eigenvalue weighted by Gasteiger charge is 2.06. The summed E-state index contributed by atoms with van der Waals surface area (Å²) in [6, 6.07) is 5.54. The van der Waals surface area contributed by atoms with Crippen molar-refractivity contribution in [1.29, 1.82) is 0 Å². The SMILES string of the molecule is CCCNC(=O)C/C(C)=N/NC(=O)COc1ccc(Br)cc1C. The Hall–Kier alpha value is -1.89. The van der Waals surface area contributed by atoms with Gasteiger partial charge in [-0.3, -0.25) is 9.59 Å². The van der Waals surface area contributed by atoms with Crippen molar-refractivity contribution in [1.82, 2.24) is 10.7 Å². The quantitative estimate of drug-likeness (QED) is 0.534. The number of halogens is 1. The topological polar surface area (TPSA) is 79.8 Å². The van der Waals surface area contributed by atoms with Gasteiger partial charge in [0.1, 0.15) is 5.75 Å². The van der Waals surface area contributed by atoms with E-state index in [0.29, 0.717) is 18.0 Å². The standard InChI is InChI=1S/C16H22BrN3O3/c1-4-7-18-15(21)9-12(3)19-20-16(22)10-23-14-6-5-13(17)8-11(14)2/h5-6,8H,4,7,9-10H2,1-3H3,(H,18,21)(H,20,22)/b19-12+. The zero-order chi connectivity index (χ0) is 17.2. The molecule has 7 heteroatoms. The number of carbonyl (C=O) groups is 2. The largest absolute Gasteiger partial charge is 0.483 e. The van der Waals surface area contributed by atoms with Crippen LogP contribution < -0.4 is 15.5 Å². The minimum absolute atomic E-state index is 0.107. The molecule has 1 rings (SSSR count). The van der Waals surface area contributed by atoms with E-state index in [-0.39, 0.29) is 24.8 Å². The molecule has 126 valence electrons. The summed E-state index contributed by atoms with van der Waals surface area (Å²) in [7, 11) is 0. The summed E-state index contributed by atoms with van der Waals surface area (Å²) in [4.78, 5) is 23.2. The lowest BCUT2D eigenvalue weighted by Crippen LogP contribution is -2.28. The van der Waals surface area contributed by atoms with E-state index in [9.17, 15) is 9.59 Å². The Kier molecular flexibility index (Phi) is 8.32. The van der Waals surface area contributed by atoms with Crippen LogP contribution in [0.25, 0.3) is 0 Å². The van der Waals surface area contributed by atoms with Gasteiger partial charge in [-0.1, -0.05) is 22.9 Å². The van der Waals surface area contributed by atoms with Crippen LogP contribution in [0.4, 0.5) is 0 Å². The maximum absolute atomic E-state index is 11.7. The summed E-state index contributed by atoms with van der Waals surface area (Å²) in [5.41, 5.74) is 3.84. The first kappa shape index (κ1) is 19.2. The lowest BCUT2D eigenvalue weighted by Gasteiger charge is -2.08. The predicted molar refractivity (Wildman–Crippen MR) is 93.5 cm³/mol. The Labute approximate surface area is 144 Å². The van der Waals surface area contributed by atoms with Crippen LogP contribution in [0.1, 0.15) is 32.3 Å². The number of hydrazone groups is 1. The molecule has 0 fully saturated rings. The Morgan fingerprint density at radius 3 is 2.70 bits per heavy atom. The summed E-state index contributed by atoms with van der Waals surface area (Å²) < 4.78 is 6.39. The number of hydrogen-bond acceptors (Lipinski definition) is 4. The number of nitrogens with one attached hydrogen (secondary N) is 2. The van der Waals surface area contributed by atoms with E-state index >= 15 is 0 Å². The van der Waals surface area contributed by atoms with Gasteiger partial charge < -0.3 is 10.1 Å². The summed E-state index contributed by atoms with van der Waals surface area (Å²) in [5.74, 6) is 0.160.